The van der Waals surface area contributed by atoms with Gasteiger partial charge in [0.15, 0.2) is 8.32 Å². The molecule has 4 aromatic rings. The Labute approximate surface area is 263 Å². The van der Waals surface area contributed by atoms with E-state index in [-0.39, 0.29) is 35.4 Å². The molecule has 5 nitrogen and oxygen atoms in total. The molecule has 0 saturated heterocycles. The fourth-order valence-electron chi connectivity index (χ4n) is 5.48. The van der Waals surface area contributed by atoms with E-state index >= 15 is 0 Å². The maximum Gasteiger partial charge on any atom is 0.258 e. The largest absolute Gasteiger partial charge is 0.414 e. The van der Waals surface area contributed by atoms with Gasteiger partial charge in [0.2, 0.25) is 0 Å². The Kier molecular flexibility index (Phi) is 10.7. The molecule has 0 spiro atoms. The summed E-state index contributed by atoms with van der Waals surface area (Å²) in [6.07, 6.45) is 1.04. The van der Waals surface area contributed by atoms with Gasteiger partial charge < -0.3 is 19.4 Å². The van der Waals surface area contributed by atoms with Crippen molar-refractivity contribution in [2.24, 2.45) is 0 Å². The highest BCUT2D eigenvalue weighted by molar-refractivity contribution is 6.74. The fourth-order valence-corrected chi connectivity index (χ4v) is 6.90. The van der Waals surface area contributed by atoms with Crippen molar-refractivity contribution in [3.05, 3.63) is 102 Å². The molecule has 0 aliphatic rings. The summed E-state index contributed by atoms with van der Waals surface area (Å²) in [6.45, 7) is 15.9. The lowest BCUT2D eigenvalue weighted by Crippen LogP contribution is -2.44. The second-order valence-corrected chi connectivity index (χ2v) is 18.0. The second kappa shape index (κ2) is 14.1. The summed E-state index contributed by atoms with van der Waals surface area (Å²) in [5.41, 5.74) is 5.66. The third kappa shape index (κ3) is 7.57. The van der Waals surface area contributed by atoms with Crippen LogP contribution in [0.4, 0.5) is 10.1 Å². The molecule has 0 radical (unpaired) electrons. The first kappa shape index (κ1) is 33.4. The molecule has 0 bridgehead atoms. The molecule has 1 atom stereocenters. The Balaban J connectivity index is 1.93. The monoisotopic (exact) mass is 614 g/mol. The number of anilines is 1. The molecule has 0 saturated carbocycles. The van der Waals surface area contributed by atoms with Crippen LogP contribution in [0.1, 0.15) is 69.4 Å². The van der Waals surface area contributed by atoms with Gasteiger partial charge in [-0.1, -0.05) is 83.1 Å². The van der Waals surface area contributed by atoms with Crippen LogP contribution in [-0.4, -0.2) is 36.6 Å². The molecule has 234 valence electrons. The van der Waals surface area contributed by atoms with Crippen LogP contribution in [0.15, 0.2) is 84.9 Å². The predicted octanol–water partition coefficient (Wildman–Crippen LogP) is 9.50. The molecule has 0 aliphatic carbocycles. The number of hydrogen-bond acceptors (Lipinski definition) is 3. The Morgan fingerprint density at radius 1 is 0.909 bits per heavy atom. The Morgan fingerprint density at radius 2 is 1.50 bits per heavy atom. The molecule has 1 aromatic heterocycles. The minimum Gasteiger partial charge on any atom is -0.414 e. The molecule has 0 fully saturated rings. The lowest BCUT2D eigenvalue weighted by atomic mass is 9.94. The van der Waals surface area contributed by atoms with Crippen LogP contribution in [0, 0.1) is 5.82 Å². The summed E-state index contributed by atoms with van der Waals surface area (Å²) in [5, 5.41) is 13.1. The first-order valence-corrected chi connectivity index (χ1v) is 18.5. The SMILES string of the molecule is CC(C)c1c(C(=O)Nc2ccccc2)c(-c2ccccc2)c(-c2ccc(F)cc2)n1CC[C@H](CCO)O[Si](C)(C)C(C)(C)C. The molecule has 2 N–H and O–H groups in total. The number of hydrogen-bond donors (Lipinski definition) is 2. The molecular formula is C37H47FN2O3Si. The Hall–Kier alpha value is -3.52. The van der Waals surface area contributed by atoms with Crippen LogP contribution in [-0.2, 0) is 11.0 Å². The van der Waals surface area contributed by atoms with Crippen LogP contribution in [0.3, 0.4) is 0 Å². The summed E-state index contributed by atoms with van der Waals surface area (Å²) in [7, 11) is -2.11. The van der Waals surface area contributed by atoms with Gasteiger partial charge in [0.1, 0.15) is 5.82 Å². The third-order valence-electron chi connectivity index (χ3n) is 8.68. The van der Waals surface area contributed by atoms with Gasteiger partial charge in [-0.15, -0.1) is 0 Å². The van der Waals surface area contributed by atoms with Crippen LogP contribution >= 0.6 is 0 Å². The average molecular weight is 615 g/mol. The van der Waals surface area contributed by atoms with Gasteiger partial charge in [0.05, 0.1) is 11.3 Å². The highest BCUT2D eigenvalue weighted by Gasteiger charge is 2.39. The number of halogens is 1. The van der Waals surface area contributed by atoms with E-state index < -0.39 is 8.32 Å². The number of rotatable bonds is 12. The van der Waals surface area contributed by atoms with Gasteiger partial charge in [-0.2, -0.15) is 0 Å². The van der Waals surface area contributed by atoms with E-state index in [1.165, 1.54) is 12.1 Å². The Morgan fingerprint density at radius 3 is 2.05 bits per heavy atom. The zero-order valence-electron chi connectivity index (χ0n) is 27.2. The van der Waals surface area contributed by atoms with E-state index in [0.717, 1.165) is 28.1 Å². The quantitative estimate of drug-likeness (QED) is 0.156. The zero-order chi connectivity index (χ0) is 32.1. The number of nitrogens with one attached hydrogen (secondary N) is 1. The van der Waals surface area contributed by atoms with Crippen LogP contribution in [0.25, 0.3) is 22.4 Å². The van der Waals surface area contributed by atoms with Crippen LogP contribution in [0.5, 0.6) is 0 Å². The van der Waals surface area contributed by atoms with Crippen molar-refractivity contribution in [2.75, 3.05) is 11.9 Å². The lowest BCUT2D eigenvalue weighted by Gasteiger charge is -2.39. The summed E-state index contributed by atoms with van der Waals surface area (Å²) >= 11 is 0. The number of nitrogens with zero attached hydrogens (tertiary/aromatic N) is 1. The standard InChI is InChI=1S/C37H47FN2O3Si/c1-26(2)34-33(36(42)39-30-16-12-9-13-17-30)32(27-14-10-8-11-15-27)35(28-18-20-29(38)21-19-28)40(34)24-22-31(23-25-41)43-44(6,7)37(3,4)5/h8-21,26,31,41H,22-25H2,1-7H3,(H,39,42)/t31-/m1/s1. The maximum atomic E-state index is 14.3. The topological polar surface area (TPSA) is 63.5 Å². The lowest BCUT2D eigenvalue weighted by molar-refractivity contribution is 0.102. The minimum absolute atomic E-state index is 0.000727. The van der Waals surface area contributed by atoms with Gasteiger partial charge in [0.25, 0.3) is 5.91 Å². The average Bonchev–Trinajstić information content (AvgIpc) is 3.32. The molecule has 1 heterocycles. The molecule has 1 amide bonds. The highest BCUT2D eigenvalue weighted by Crippen LogP contribution is 2.43. The van der Waals surface area contributed by atoms with Gasteiger partial charge >= 0.3 is 0 Å². The molecule has 0 unspecified atom stereocenters. The normalized spacial score (nSPS) is 12.9. The smallest absolute Gasteiger partial charge is 0.258 e. The third-order valence-corrected chi connectivity index (χ3v) is 13.2. The van der Waals surface area contributed by atoms with Crippen molar-refractivity contribution in [3.63, 3.8) is 0 Å². The molecule has 44 heavy (non-hydrogen) atoms. The van der Waals surface area contributed by atoms with Crippen molar-refractivity contribution < 1.29 is 18.7 Å². The van der Waals surface area contributed by atoms with Crippen molar-refractivity contribution >= 4 is 19.9 Å². The van der Waals surface area contributed by atoms with E-state index in [4.69, 9.17) is 4.43 Å². The van der Waals surface area contributed by atoms with Crippen molar-refractivity contribution in [1.29, 1.82) is 0 Å². The summed E-state index contributed by atoms with van der Waals surface area (Å²) in [4.78, 5) is 14.3. The number of amides is 1. The summed E-state index contributed by atoms with van der Waals surface area (Å²) in [6, 6.07) is 25.9. The van der Waals surface area contributed by atoms with Crippen LogP contribution < -0.4 is 5.32 Å². The number of benzene rings is 3. The van der Waals surface area contributed by atoms with Crippen molar-refractivity contribution in [3.8, 4) is 22.4 Å². The molecular weight excluding hydrogens is 568 g/mol. The van der Waals surface area contributed by atoms with E-state index in [1.807, 2.05) is 60.7 Å². The van der Waals surface area contributed by atoms with Crippen molar-refractivity contribution in [2.45, 2.75) is 84.2 Å². The van der Waals surface area contributed by atoms with Gasteiger partial charge in [0, 0.05) is 36.2 Å². The number of aromatic nitrogens is 1. The van der Waals surface area contributed by atoms with Crippen molar-refractivity contribution in [1.82, 2.24) is 4.57 Å². The maximum absolute atomic E-state index is 14.3. The first-order chi connectivity index (χ1) is 20.8. The second-order valence-electron chi connectivity index (χ2n) is 13.3. The number of para-hydroxylation sites is 1. The zero-order valence-corrected chi connectivity index (χ0v) is 28.2. The van der Waals surface area contributed by atoms with E-state index in [0.29, 0.717) is 30.6 Å². The van der Waals surface area contributed by atoms with E-state index in [9.17, 15) is 14.3 Å². The number of aliphatic hydroxyl groups excluding tert-OH is 1. The number of aliphatic hydroxyl groups is 1. The number of carbonyl (C=O) groups excluding carboxylic acids is 1. The Bertz CT molecular complexity index is 1530. The van der Waals surface area contributed by atoms with E-state index in [2.05, 4.69) is 57.6 Å². The molecule has 3 aromatic carbocycles. The highest BCUT2D eigenvalue weighted by atomic mass is 28.4. The summed E-state index contributed by atoms with van der Waals surface area (Å²) in [5.74, 6) is -0.504. The predicted molar refractivity (Wildman–Crippen MR) is 182 cm³/mol. The minimum atomic E-state index is -2.11. The van der Waals surface area contributed by atoms with Gasteiger partial charge in [-0.3, -0.25) is 4.79 Å². The van der Waals surface area contributed by atoms with Gasteiger partial charge in [-0.25, -0.2) is 4.39 Å². The van der Waals surface area contributed by atoms with Gasteiger partial charge in [-0.05, 0) is 84.4 Å². The first-order valence-electron chi connectivity index (χ1n) is 15.6. The molecule has 0 aliphatic heterocycles. The summed E-state index contributed by atoms with van der Waals surface area (Å²) < 4.78 is 23.2. The molecule has 4 rings (SSSR count). The van der Waals surface area contributed by atoms with Crippen LogP contribution in [0.2, 0.25) is 18.1 Å². The molecule has 7 heteroatoms. The van der Waals surface area contributed by atoms with E-state index in [1.54, 1.807) is 12.1 Å². The number of carbonyl (C=O) groups is 1. The fraction of sp³-hybridized carbons (Fsp3) is 0.378.